The average molecular weight is 370 g/mol. The molecule has 0 fully saturated rings. The molecular weight excluding hydrogens is 355 g/mol. The lowest BCUT2D eigenvalue weighted by atomic mass is 10.2. The summed E-state index contributed by atoms with van der Waals surface area (Å²) in [4.78, 5) is 23.1. The van der Waals surface area contributed by atoms with Crippen LogP contribution in [0.3, 0.4) is 0 Å². The molecule has 0 saturated heterocycles. The number of pyridine rings is 1. The van der Waals surface area contributed by atoms with Gasteiger partial charge < -0.3 is 15.7 Å². The Labute approximate surface area is 153 Å². The SMILES string of the molecule is O=[N+]([O-])c1cc(F)ccc1Nc1cc(-c2cccnc2)nc(NCCO)n1. The van der Waals surface area contributed by atoms with E-state index in [2.05, 4.69) is 25.6 Å². The van der Waals surface area contributed by atoms with Gasteiger partial charge in [0.15, 0.2) is 0 Å². The summed E-state index contributed by atoms with van der Waals surface area (Å²) in [6.45, 7) is 0.110. The molecule has 27 heavy (non-hydrogen) atoms. The summed E-state index contributed by atoms with van der Waals surface area (Å²) in [6, 6.07) is 8.35. The number of nitrogens with one attached hydrogen (secondary N) is 2. The Morgan fingerprint density at radius 2 is 2.07 bits per heavy atom. The van der Waals surface area contributed by atoms with Crippen LogP contribution < -0.4 is 10.6 Å². The summed E-state index contributed by atoms with van der Waals surface area (Å²) in [7, 11) is 0. The highest BCUT2D eigenvalue weighted by molar-refractivity contribution is 5.71. The first-order valence-corrected chi connectivity index (χ1v) is 7.92. The lowest BCUT2D eigenvalue weighted by Gasteiger charge is -2.11. The topological polar surface area (TPSA) is 126 Å². The molecule has 0 atom stereocenters. The number of aliphatic hydroxyl groups is 1. The summed E-state index contributed by atoms with van der Waals surface area (Å²) in [5, 5.41) is 25.8. The second-order valence-electron chi connectivity index (χ2n) is 5.40. The molecular formula is C17H15FN6O3. The largest absolute Gasteiger partial charge is 0.395 e. The third-order valence-corrected chi connectivity index (χ3v) is 3.50. The number of benzene rings is 1. The quantitative estimate of drug-likeness (QED) is 0.428. The highest BCUT2D eigenvalue weighted by Crippen LogP contribution is 2.29. The molecule has 2 aromatic heterocycles. The molecule has 0 aliphatic heterocycles. The monoisotopic (exact) mass is 370 g/mol. The highest BCUT2D eigenvalue weighted by Gasteiger charge is 2.16. The summed E-state index contributed by atoms with van der Waals surface area (Å²) in [5.74, 6) is -0.229. The Hall–Kier alpha value is -3.66. The molecule has 0 saturated carbocycles. The second kappa shape index (κ2) is 8.15. The van der Waals surface area contributed by atoms with E-state index in [1.165, 1.54) is 6.07 Å². The van der Waals surface area contributed by atoms with Crippen LogP contribution in [-0.2, 0) is 0 Å². The molecule has 0 radical (unpaired) electrons. The molecule has 1 aromatic carbocycles. The molecule has 3 N–H and O–H groups in total. The number of aliphatic hydroxyl groups excluding tert-OH is 1. The van der Waals surface area contributed by atoms with Crippen LogP contribution in [0.5, 0.6) is 0 Å². The molecule has 0 amide bonds. The van der Waals surface area contributed by atoms with Crippen LogP contribution in [0, 0.1) is 15.9 Å². The van der Waals surface area contributed by atoms with Gasteiger partial charge in [-0.15, -0.1) is 0 Å². The van der Waals surface area contributed by atoms with Crippen molar-refractivity contribution in [2.24, 2.45) is 0 Å². The standard InChI is InChI=1S/C17H15FN6O3/c18-12-3-4-13(15(8-12)24(26)27)21-16-9-14(11-2-1-5-19-10-11)22-17(23-16)20-6-7-25/h1-5,8-10,25H,6-7H2,(H2,20,21,22,23). The Morgan fingerprint density at radius 3 is 2.78 bits per heavy atom. The second-order valence-corrected chi connectivity index (χ2v) is 5.40. The zero-order valence-corrected chi connectivity index (χ0v) is 14.0. The van der Waals surface area contributed by atoms with E-state index in [4.69, 9.17) is 5.11 Å². The third kappa shape index (κ3) is 4.50. The van der Waals surface area contributed by atoms with Crippen LogP contribution >= 0.6 is 0 Å². The van der Waals surface area contributed by atoms with Crippen molar-refractivity contribution in [1.29, 1.82) is 0 Å². The Bertz CT molecular complexity index is 955. The van der Waals surface area contributed by atoms with E-state index >= 15 is 0 Å². The Kier molecular flexibility index (Phi) is 5.47. The summed E-state index contributed by atoms with van der Waals surface area (Å²) in [5.41, 5.74) is 0.904. The van der Waals surface area contributed by atoms with E-state index < -0.39 is 16.4 Å². The first-order chi connectivity index (χ1) is 13.1. The number of nitrogens with zero attached hydrogens (tertiary/aromatic N) is 4. The van der Waals surface area contributed by atoms with Crippen molar-refractivity contribution in [2.45, 2.75) is 0 Å². The fraction of sp³-hybridized carbons (Fsp3) is 0.118. The lowest BCUT2D eigenvalue weighted by Crippen LogP contribution is -2.10. The molecule has 0 unspecified atom stereocenters. The fourth-order valence-electron chi connectivity index (χ4n) is 2.32. The minimum atomic E-state index is -0.712. The molecule has 10 heteroatoms. The molecule has 3 aromatic rings. The van der Waals surface area contributed by atoms with Crippen molar-refractivity contribution in [2.75, 3.05) is 23.8 Å². The van der Waals surface area contributed by atoms with Crippen molar-refractivity contribution in [3.63, 3.8) is 0 Å². The van der Waals surface area contributed by atoms with Crippen LogP contribution in [0.4, 0.5) is 27.5 Å². The molecule has 0 spiro atoms. The van der Waals surface area contributed by atoms with E-state index in [0.717, 1.165) is 12.1 Å². The van der Waals surface area contributed by atoms with Gasteiger partial charge in [0.05, 0.1) is 23.3 Å². The van der Waals surface area contributed by atoms with Gasteiger partial charge in [-0.05, 0) is 24.3 Å². The maximum atomic E-state index is 13.3. The Balaban J connectivity index is 2.01. The van der Waals surface area contributed by atoms with Gasteiger partial charge in [-0.2, -0.15) is 4.98 Å². The van der Waals surface area contributed by atoms with E-state index in [9.17, 15) is 14.5 Å². The predicted molar refractivity (Wildman–Crippen MR) is 97.2 cm³/mol. The molecule has 0 bridgehead atoms. The van der Waals surface area contributed by atoms with Gasteiger partial charge in [0.25, 0.3) is 5.69 Å². The predicted octanol–water partition coefficient (Wildman–Crippen LogP) is 2.73. The number of hydrogen-bond acceptors (Lipinski definition) is 8. The lowest BCUT2D eigenvalue weighted by molar-refractivity contribution is -0.384. The summed E-state index contributed by atoms with van der Waals surface area (Å²) in [6.07, 6.45) is 3.24. The van der Waals surface area contributed by atoms with Crippen molar-refractivity contribution in [3.8, 4) is 11.3 Å². The molecule has 3 rings (SSSR count). The van der Waals surface area contributed by atoms with Crippen LogP contribution in [0.25, 0.3) is 11.3 Å². The van der Waals surface area contributed by atoms with Gasteiger partial charge in [-0.25, -0.2) is 9.37 Å². The van der Waals surface area contributed by atoms with Crippen molar-refractivity contribution < 1.29 is 14.4 Å². The van der Waals surface area contributed by atoms with Crippen LogP contribution in [0.1, 0.15) is 0 Å². The van der Waals surface area contributed by atoms with Crippen molar-refractivity contribution >= 4 is 23.1 Å². The van der Waals surface area contributed by atoms with Gasteiger partial charge in [-0.3, -0.25) is 15.1 Å². The number of hydrogen-bond donors (Lipinski definition) is 3. The third-order valence-electron chi connectivity index (χ3n) is 3.50. The number of aromatic nitrogens is 3. The maximum absolute atomic E-state index is 13.3. The van der Waals surface area contributed by atoms with Crippen LogP contribution in [0.15, 0.2) is 48.8 Å². The van der Waals surface area contributed by atoms with Crippen LogP contribution in [-0.4, -0.2) is 38.1 Å². The van der Waals surface area contributed by atoms with Gasteiger partial charge in [0.1, 0.15) is 17.3 Å². The summed E-state index contributed by atoms with van der Waals surface area (Å²) >= 11 is 0. The first kappa shape index (κ1) is 18.1. The smallest absolute Gasteiger partial charge is 0.295 e. The zero-order valence-electron chi connectivity index (χ0n) is 14.0. The molecule has 138 valence electrons. The average Bonchev–Trinajstić information content (AvgIpc) is 2.68. The van der Waals surface area contributed by atoms with Crippen LogP contribution in [0.2, 0.25) is 0 Å². The fourth-order valence-corrected chi connectivity index (χ4v) is 2.32. The van der Waals surface area contributed by atoms with E-state index in [-0.39, 0.29) is 30.6 Å². The van der Waals surface area contributed by atoms with Gasteiger partial charge in [0, 0.05) is 30.6 Å². The number of anilines is 3. The van der Waals surface area contributed by atoms with Crippen molar-refractivity contribution in [3.05, 3.63) is 64.7 Å². The van der Waals surface area contributed by atoms with Crippen molar-refractivity contribution in [1.82, 2.24) is 15.0 Å². The minimum Gasteiger partial charge on any atom is -0.395 e. The maximum Gasteiger partial charge on any atom is 0.295 e. The molecule has 0 aliphatic rings. The van der Waals surface area contributed by atoms with Gasteiger partial charge in [-0.1, -0.05) is 0 Å². The summed E-state index contributed by atoms with van der Waals surface area (Å²) < 4.78 is 13.3. The highest BCUT2D eigenvalue weighted by atomic mass is 19.1. The molecule has 2 heterocycles. The number of nitro groups is 1. The van der Waals surface area contributed by atoms with E-state index in [0.29, 0.717) is 11.3 Å². The number of nitro benzene ring substituents is 1. The molecule has 0 aliphatic carbocycles. The van der Waals surface area contributed by atoms with E-state index in [1.54, 1.807) is 30.6 Å². The van der Waals surface area contributed by atoms with E-state index in [1.807, 2.05) is 0 Å². The first-order valence-electron chi connectivity index (χ1n) is 7.92. The van der Waals surface area contributed by atoms with Gasteiger partial charge in [0.2, 0.25) is 5.95 Å². The number of rotatable bonds is 7. The minimum absolute atomic E-state index is 0.0883. The zero-order chi connectivity index (χ0) is 19.2. The normalized spacial score (nSPS) is 10.4. The number of halogens is 1. The molecule has 9 nitrogen and oxygen atoms in total. The van der Waals surface area contributed by atoms with Gasteiger partial charge >= 0.3 is 0 Å². The Morgan fingerprint density at radius 1 is 1.22 bits per heavy atom.